The van der Waals surface area contributed by atoms with Crippen molar-refractivity contribution in [2.45, 2.75) is 6.92 Å². The van der Waals surface area contributed by atoms with Crippen LogP contribution in [0.25, 0.3) is 0 Å². The number of rotatable bonds is 4. The molecule has 0 aromatic heterocycles. The third-order valence-electron chi connectivity index (χ3n) is 3.52. The fraction of sp³-hybridized carbons (Fsp3) is 0.0476. The quantitative estimate of drug-likeness (QED) is 0.524. The molecule has 0 bridgehead atoms. The summed E-state index contributed by atoms with van der Waals surface area (Å²) < 4.78 is 10.7. The molecule has 124 valence electrons. The highest BCUT2D eigenvalue weighted by Crippen LogP contribution is 2.22. The molecule has 0 unspecified atom stereocenters. The lowest BCUT2D eigenvalue weighted by Crippen LogP contribution is -2.14. The van der Waals surface area contributed by atoms with E-state index >= 15 is 0 Å². The van der Waals surface area contributed by atoms with Gasteiger partial charge in [0, 0.05) is 0 Å². The van der Waals surface area contributed by atoms with E-state index in [4.69, 9.17) is 9.47 Å². The second kappa shape index (κ2) is 7.45. The van der Waals surface area contributed by atoms with Crippen molar-refractivity contribution in [1.82, 2.24) is 0 Å². The van der Waals surface area contributed by atoms with Crippen LogP contribution in [0.15, 0.2) is 78.9 Å². The molecule has 0 N–H and O–H groups in total. The molecule has 0 atom stereocenters. The van der Waals surface area contributed by atoms with Crippen LogP contribution >= 0.6 is 0 Å². The number of aryl methyl sites for hydroxylation is 1. The second-order valence-electron chi connectivity index (χ2n) is 5.46. The SMILES string of the molecule is Cc1cccc(C(=O)Oc2ccccc2C(=O)Oc2ccccc2)c1. The smallest absolute Gasteiger partial charge is 0.347 e. The van der Waals surface area contributed by atoms with E-state index in [0.717, 1.165) is 5.56 Å². The van der Waals surface area contributed by atoms with Crippen molar-refractivity contribution in [2.75, 3.05) is 0 Å². The fourth-order valence-electron chi connectivity index (χ4n) is 2.31. The Kier molecular flexibility index (Phi) is 4.90. The van der Waals surface area contributed by atoms with Crippen LogP contribution in [-0.4, -0.2) is 11.9 Å². The van der Waals surface area contributed by atoms with Gasteiger partial charge in [-0.1, -0.05) is 48.0 Å². The molecule has 0 aliphatic carbocycles. The molecule has 0 saturated heterocycles. The topological polar surface area (TPSA) is 52.6 Å². The van der Waals surface area contributed by atoms with Crippen molar-refractivity contribution in [3.05, 3.63) is 95.6 Å². The Balaban J connectivity index is 1.81. The number of ether oxygens (including phenoxy) is 2. The number of carbonyl (C=O) groups is 2. The number of carbonyl (C=O) groups excluding carboxylic acids is 2. The van der Waals surface area contributed by atoms with Gasteiger partial charge < -0.3 is 9.47 Å². The van der Waals surface area contributed by atoms with Crippen molar-refractivity contribution < 1.29 is 19.1 Å². The zero-order chi connectivity index (χ0) is 17.6. The maximum absolute atomic E-state index is 12.4. The van der Waals surface area contributed by atoms with Crippen LogP contribution in [0.5, 0.6) is 11.5 Å². The van der Waals surface area contributed by atoms with Crippen molar-refractivity contribution in [1.29, 1.82) is 0 Å². The molecule has 0 aliphatic heterocycles. The van der Waals surface area contributed by atoms with E-state index in [1.165, 1.54) is 0 Å². The minimum Gasteiger partial charge on any atom is -0.423 e. The first-order chi connectivity index (χ1) is 12.1. The number of para-hydroxylation sites is 2. The summed E-state index contributed by atoms with van der Waals surface area (Å²) in [5, 5.41) is 0. The number of hydrogen-bond donors (Lipinski definition) is 0. The maximum Gasteiger partial charge on any atom is 0.347 e. The minimum atomic E-state index is -0.584. The third-order valence-corrected chi connectivity index (χ3v) is 3.52. The normalized spacial score (nSPS) is 10.1. The summed E-state index contributed by atoms with van der Waals surface area (Å²) >= 11 is 0. The molecule has 0 aliphatic rings. The monoisotopic (exact) mass is 332 g/mol. The Labute approximate surface area is 145 Å². The third kappa shape index (κ3) is 4.12. The highest BCUT2D eigenvalue weighted by atomic mass is 16.5. The molecule has 0 spiro atoms. The zero-order valence-electron chi connectivity index (χ0n) is 13.6. The molecule has 4 heteroatoms. The highest BCUT2D eigenvalue weighted by Gasteiger charge is 2.18. The molecule has 25 heavy (non-hydrogen) atoms. The molecule has 3 aromatic carbocycles. The van der Waals surface area contributed by atoms with Gasteiger partial charge in [-0.2, -0.15) is 0 Å². The molecule has 3 rings (SSSR count). The van der Waals surface area contributed by atoms with Crippen LogP contribution in [0.4, 0.5) is 0 Å². The van der Waals surface area contributed by atoms with Crippen molar-refractivity contribution in [3.8, 4) is 11.5 Å². The van der Waals surface area contributed by atoms with Gasteiger partial charge >= 0.3 is 11.9 Å². The van der Waals surface area contributed by atoms with Gasteiger partial charge in [0.05, 0.1) is 5.56 Å². The summed E-state index contributed by atoms with van der Waals surface area (Å²) in [4.78, 5) is 24.7. The molecule has 4 nitrogen and oxygen atoms in total. The summed E-state index contributed by atoms with van der Waals surface area (Å²) in [6.07, 6.45) is 0. The van der Waals surface area contributed by atoms with Gasteiger partial charge in [-0.05, 0) is 43.3 Å². The minimum absolute atomic E-state index is 0.162. The molecular formula is C21H16O4. The predicted octanol–water partition coefficient (Wildman–Crippen LogP) is 4.43. The zero-order valence-corrected chi connectivity index (χ0v) is 13.6. The van der Waals surface area contributed by atoms with Crippen molar-refractivity contribution in [3.63, 3.8) is 0 Å². The molecule has 3 aromatic rings. The molecule has 0 amide bonds. The van der Waals surface area contributed by atoms with Crippen LogP contribution in [0.2, 0.25) is 0 Å². The van der Waals surface area contributed by atoms with Crippen LogP contribution in [-0.2, 0) is 0 Å². The second-order valence-corrected chi connectivity index (χ2v) is 5.46. The molecule has 0 heterocycles. The van der Waals surface area contributed by atoms with Gasteiger partial charge in [-0.3, -0.25) is 0 Å². The van der Waals surface area contributed by atoms with Crippen LogP contribution < -0.4 is 9.47 Å². The first-order valence-corrected chi connectivity index (χ1v) is 7.78. The molecule has 0 saturated carbocycles. The average molecular weight is 332 g/mol. The van der Waals surface area contributed by atoms with E-state index in [2.05, 4.69) is 0 Å². The summed E-state index contributed by atoms with van der Waals surface area (Å²) in [5.74, 6) is -0.523. The first kappa shape index (κ1) is 16.5. The van der Waals surface area contributed by atoms with Gasteiger partial charge in [0.15, 0.2) is 0 Å². The Morgan fingerprint density at radius 1 is 0.720 bits per heavy atom. The van der Waals surface area contributed by atoms with E-state index in [9.17, 15) is 9.59 Å². The van der Waals surface area contributed by atoms with Gasteiger partial charge in [-0.25, -0.2) is 9.59 Å². The first-order valence-electron chi connectivity index (χ1n) is 7.78. The van der Waals surface area contributed by atoms with Crippen LogP contribution in [0, 0.1) is 6.92 Å². The Bertz CT molecular complexity index is 901. The summed E-state index contributed by atoms with van der Waals surface area (Å²) in [7, 11) is 0. The maximum atomic E-state index is 12.4. The Hall–Kier alpha value is -3.40. The summed E-state index contributed by atoms with van der Waals surface area (Å²) in [6, 6.07) is 22.3. The van der Waals surface area contributed by atoms with E-state index in [0.29, 0.717) is 11.3 Å². The van der Waals surface area contributed by atoms with Gasteiger partial charge in [-0.15, -0.1) is 0 Å². The molecule has 0 radical (unpaired) electrons. The average Bonchev–Trinajstić information content (AvgIpc) is 2.63. The lowest BCUT2D eigenvalue weighted by molar-refractivity contribution is 0.0707. The van der Waals surface area contributed by atoms with E-state index < -0.39 is 11.9 Å². The fourth-order valence-corrected chi connectivity index (χ4v) is 2.31. The predicted molar refractivity (Wildman–Crippen MR) is 94.0 cm³/mol. The Morgan fingerprint density at radius 2 is 1.44 bits per heavy atom. The highest BCUT2D eigenvalue weighted by molar-refractivity contribution is 5.97. The van der Waals surface area contributed by atoms with E-state index in [-0.39, 0.29) is 11.3 Å². The largest absolute Gasteiger partial charge is 0.423 e. The van der Waals surface area contributed by atoms with Gasteiger partial charge in [0.2, 0.25) is 0 Å². The van der Waals surface area contributed by atoms with Gasteiger partial charge in [0.25, 0.3) is 0 Å². The van der Waals surface area contributed by atoms with E-state index in [1.54, 1.807) is 66.7 Å². The summed E-state index contributed by atoms with van der Waals surface area (Å²) in [5.41, 5.74) is 1.56. The van der Waals surface area contributed by atoms with Crippen LogP contribution in [0.3, 0.4) is 0 Å². The van der Waals surface area contributed by atoms with Crippen LogP contribution in [0.1, 0.15) is 26.3 Å². The molecule has 0 fully saturated rings. The standard InChI is InChI=1S/C21H16O4/c1-15-8-7-9-16(14-15)20(22)25-19-13-6-5-12-18(19)21(23)24-17-10-3-2-4-11-17/h2-14H,1H3. The number of esters is 2. The Morgan fingerprint density at radius 3 is 2.20 bits per heavy atom. The lowest BCUT2D eigenvalue weighted by atomic mass is 10.1. The summed E-state index contributed by atoms with van der Waals surface area (Å²) in [6.45, 7) is 1.89. The van der Waals surface area contributed by atoms with Gasteiger partial charge in [0.1, 0.15) is 17.1 Å². The lowest BCUT2D eigenvalue weighted by Gasteiger charge is -2.10. The number of hydrogen-bond acceptors (Lipinski definition) is 4. The van der Waals surface area contributed by atoms with Crippen molar-refractivity contribution in [2.24, 2.45) is 0 Å². The van der Waals surface area contributed by atoms with E-state index in [1.807, 2.05) is 19.1 Å². The molecular weight excluding hydrogens is 316 g/mol. The van der Waals surface area contributed by atoms with Crippen molar-refractivity contribution >= 4 is 11.9 Å². The number of benzene rings is 3.